The van der Waals surface area contributed by atoms with Gasteiger partial charge in [-0.2, -0.15) is 0 Å². The first-order chi connectivity index (χ1) is 7.13. The summed E-state index contributed by atoms with van der Waals surface area (Å²) in [6.07, 6.45) is 1.47. The Morgan fingerprint density at radius 2 is 2.00 bits per heavy atom. The molecule has 0 radical (unpaired) electrons. The molecule has 0 saturated heterocycles. The molecular formula is C13H19NO. The molecule has 0 aliphatic carbocycles. The van der Waals surface area contributed by atoms with Crippen molar-refractivity contribution in [1.82, 2.24) is 5.32 Å². The number of benzene rings is 1. The molecule has 2 nitrogen and oxygen atoms in total. The summed E-state index contributed by atoms with van der Waals surface area (Å²) < 4.78 is 0. The van der Waals surface area contributed by atoms with Crippen molar-refractivity contribution < 1.29 is 4.79 Å². The normalized spacial score (nSPS) is 10.1. The van der Waals surface area contributed by atoms with Crippen LogP contribution in [0.1, 0.15) is 30.0 Å². The fraction of sp³-hybridized carbons (Fsp3) is 0.462. The van der Waals surface area contributed by atoms with Gasteiger partial charge >= 0.3 is 0 Å². The van der Waals surface area contributed by atoms with Crippen LogP contribution in [0.3, 0.4) is 0 Å². The Morgan fingerprint density at radius 3 is 2.60 bits per heavy atom. The summed E-state index contributed by atoms with van der Waals surface area (Å²) in [5, 5.41) is 2.88. The lowest BCUT2D eigenvalue weighted by atomic mass is 10.0. The molecule has 82 valence electrons. The van der Waals surface area contributed by atoms with Gasteiger partial charge in [0.15, 0.2) is 0 Å². The van der Waals surface area contributed by atoms with Gasteiger partial charge in [-0.25, -0.2) is 0 Å². The summed E-state index contributed by atoms with van der Waals surface area (Å²) in [7, 11) is 0. The number of carbonyl (C=O) groups excluding carboxylic acids is 1. The van der Waals surface area contributed by atoms with E-state index in [1.54, 1.807) is 0 Å². The molecule has 1 rings (SSSR count). The smallest absolute Gasteiger partial charge is 0.224 e. The van der Waals surface area contributed by atoms with E-state index in [4.69, 9.17) is 0 Å². The number of nitrogens with one attached hydrogen (secondary N) is 1. The van der Waals surface area contributed by atoms with Crippen molar-refractivity contribution >= 4 is 5.91 Å². The average molecular weight is 205 g/mol. The van der Waals surface area contributed by atoms with Crippen molar-refractivity contribution in [3.8, 4) is 0 Å². The van der Waals surface area contributed by atoms with Crippen molar-refractivity contribution in [3.63, 3.8) is 0 Å². The minimum Gasteiger partial charge on any atom is -0.356 e. The summed E-state index contributed by atoms with van der Waals surface area (Å²) in [6.45, 7) is 6.97. The van der Waals surface area contributed by atoms with E-state index in [2.05, 4.69) is 38.2 Å². The van der Waals surface area contributed by atoms with Crippen molar-refractivity contribution in [1.29, 1.82) is 0 Å². The van der Waals surface area contributed by atoms with E-state index in [0.717, 1.165) is 18.5 Å². The Labute approximate surface area is 91.7 Å². The summed E-state index contributed by atoms with van der Waals surface area (Å²) in [4.78, 5) is 11.5. The van der Waals surface area contributed by atoms with Crippen LogP contribution >= 0.6 is 0 Å². The second-order valence-corrected chi connectivity index (χ2v) is 3.95. The average Bonchev–Trinajstić information content (AvgIpc) is 2.20. The van der Waals surface area contributed by atoms with E-state index in [0.29, 0.717) is 6.42 Å². The fourth-order valence-electron chi connectivity index (χ4n) is 1.43. The van der Waals surface area contributed by atoms with Gasteiger partial charge in [0.2, 0.25) is 5.91 Å². The van der Waals surface area contributed by atoms with Gasteiger partial charge in [0.05, 0.1) is 6.42 Å². The Hall–Kier alpha value is -1.31. The predicted molar refractivity (Wildman–Crippen MR) is 62.9 cm³/mol. The first-order valence-corrected chi connectivity index (χ1v) is 5.46. The Kier molecular flexibility index (Phi) is 4.35. The van der Waals surface area contributed by atoms with E-state index < -0.39 is 0 Å². The molecule has 0 bridgehead atoms. The molecule has 0 fully saturated rings. The highest BCUT2D eigenvalue weighted by atomic mass is 16.1. The zero-order chi connectivity index (χ0) is 11.3. The third-order valence-electron chi connectivity index (χ3n) is 2.51. The molecule has 1 N–H and O–H groups in total. The van der Waals surface area contributed by atoms with Gasteiger partial charge in [-0.15, -0.1) is 0 Å². The van der Waals surface area contributed by atoms with Crippen LogP contribution in [0.25, 0.3) is 0 Å². The third-order valence-corrected chi connectivity index (χ3v) is 2.51. The Balaban J connectivity index is 2.57. The molecule has 1 aromatic rings. The predicted octanol–water partition coefficient (Wildman–Crippen LogP) is 2.37. The maximum atomic E-state index is 11.5. The second kappa shape index (κ2) is 5.54. The quantitative estimate of drug-likeness (QED) is 0.803. The summed E-state index contributed by atoms with van der Waals surface area (Å²) in [5.74, 6) is 0.111. The van der Waals surface area contributed by atoms with Crippen LogP contribution in [0.4, 0.5) is 0 Å². The highest BCUT2D eigenvalue weighted by Crippen LogP contribution is 2.10. The maximum Gasteiger partial charge on any atom is 0.224 e. The molecule has 1 aromatic carbocycles. The Morgan fingerprint density at radius 1 is 1.27 bits per heavy atom. The highest BCUT2D eigenvalue weighted by Gasteiger charge is 2.03. The molecule has 0 aliphatic rings. The largest absolute Gasteiger partial charge is 0.356 e. The molecule has 0 atom stereocenters. The van der Waals surface area contributed by atoms with Gasteiger partial charge in [-0.1, -0.05) is 25.1 Å². The van der Waals surface area contributed by atoms with E-state index in [-0.39, 0.29) is 5.91 Å². The third kappa shape index (κ3) is 3.74. The minimum atomic E-state index is 0.111. The van der Waals surface area contributed by atoms with Gasteiger partial charge in [-0.3, -0.25) is 4.79 Å². The SMILES string of the molecule is CCCNC(=O)Cc1ccc(C)c(C)c1. The lowest BCUT2D eigenvalue weighted by molar-refractivity contribution is -0.120. The van der Waals surface area contributed by atoms with Gasteiger partial charge in [0, 0.05) is 6.54 Å². The molecule has 15 heavy (non-hydrogen) atoms. The van der Waals surface area contributed by atoms with Crippen LogP contribution in [-0.2, 0) is 11.2 Å². The summed E-state index contributed by atoms with van der Waals surface area (Å²) in [6, 6.07) is 6.17. The van der Waals surface area contributed by atoms with E-state index in [1.807, 2.05) is 6.07 Å². The molecule has 0 aromatic heterocycles. The van der Waals surface area contributed by atoms with Crippen LogP contribution in [0.5, 0.6) is 0 Å². The van der Waals surface area contributed by atoms with Crippen molar-refractivity contribution in [2.24, 2.45) is 0 Å². The molecule has 1 amide bonds. The molecule has 2 heteroatoms. The second-order valence-electron chi connectivity index (χ2n) is 3.95. The fourth-order valence-corrected chi connectivity index (χ4v) is 1.43. The van der Waals surface area contributed by atoms with Crippen LogP contribution in [0.15, 0.2) is 18.2 Å². The van der Waals surface area contributed by atoms with E-state index in [1.165, 1.54) is 11.1 Å². The summed E-state index contributed by atoms with van der Waals surface area (Å²) in [5.41, 5.74) is 3.61. The number of amides is 1. The summed E-state index contributed by atoms with van der Waals surface area (Å²) >= 11 is 0. The topological polar surface area (TPSA) is 29.1 Å². The van der Waals surface area contributed by atoms with Gasteiger partial charge in [0.25, 0.3) is 0 Å². The van der Waals surface area contributed by atoms with E-state index >= 15 is 0 Å². The molecule has 0 unspecified atom stereocenters. The van der Waals surface area contributed by atoms with Gasteiger partial charge < -0.3 is 5.32 Å². The van der Waals surface area contributed by atoms with Gasteiger partial charge in [0.1, 0.15) is 0 Å². The van der Waals surface area contributed by atoms with Crippen molar-refractivity contribution in [2.75, 3.05) is 6.54 Å². The Bertz CT molecular complexity index is 344. The molecule has 0 spiro atoms. The number of hydrogen-bond acceptors (Lipinski definition) is 1. The standard InChI is InChI=1S/C13H19NO/c1-4-7-14-13(15)9-12-6-5-10(2)11(3)8-12/h5-6,8H,4,7,9H2,1-3H3,(H,14,15). The number of rotatable bonds is 4. The van der Waals surface area contributed by atoms with E-state index in [9.17, 15) is 4.79 Å². The molecular weight excluding hydrogens is 186 g/mol. The van der Waals surface area contributed by atoms with Crippen LogP contribution in [0.2, 0.25) is 0 Å². The lowest BCUT2D eigenvalue weighted by Crippen LogP contribution is -2.25. The lowest BCUT2D eigenvalue weighted by Gasteiger charge is -2.06. The molecule has 0 aliphatic heterocycles. The zero-order valence-electron chi connectivity index (χ0n) is 9.76. The minimum absolute atomic E-state index is 0.111. The van der Waals surface area contributed by atoms with Crippen molar-refractivity contribution in [3.05, 3.63) is 34.9 Å². The van der Waals surface area contributed by atoms with Gasteiger partial charge in [-0.05, 0) is 37.0 Å². The number of hydrogen-bond donors (Lipinski definition) is 1. The monoisotopic (exact) mass is 205 g/mol. The highest BCUT2D eigenvalue weighted by molar-refractivity contribution is 5.78. The molecule has 0 saturated carbocycles. The first kappa shape index (κ1) is 11.8. The number of carbonyl (C=O) groups is 1. The van der Waals surface area contributed by atoms with Crippen molar-refractivity contribution in [2.45, 2.75) is 33.6 Å². The maximum absolute atomic E-state index is 11.5. The number of aryl methyl sites for hydroxylation is 2. The first-order valence-electron chi connectivity index (χ1n) is 5.46. The molecule has 0 heterocycles. The van der Waals surface area contributed by atoms with Crippen LogP contribution in [0, 0.1) is 13.8 Å². The van der Waals surface area contributed by atoms with Crippen LogP contribution in [-0.4, -0.2) is 12.5 Å². The zero-order valence-corrected chi connectivity index (χ0v) is 9.76. The van der Waals surface area contributed by atoms with Crippen LogP contribution < -0.4 is 5.32 Å².